The van der Waals surface area contributed by atoms with Crippen LogP contribution < -0.4 is 4.90 Å². The minimum Gasteiger partial charge on any atom is -0.306 e. The molecule has 0 saturated carbocycles. The lowest BCUT2D eigenvalue weighted by Crippen LogP contribution is -2.34. The van der Waals surface area contributed by atoms with Gasteiger partial charge in [-0.3, -0.25) is 9.78 Å². The van der Waals surface area contributed by atoms with Crippen LogP contribution in [0.2, 0.25) is 0 Å². The third-order valence-corrected chi connectivity index (χ3v) is 5.45. The van der Waals surface area contributed by atoms with Crippen LogP contribution in [0.25, 0.3) is 21.8 Å². The van der Waals surface area contributed by atoms with Gasteiger partial charge >= 0.3 is 0 Å². The molecule has 0 radical (unpaired) electrons. The van der Waals surface area contributed by atoms with Gasteiger partial charge in [-0.2, -0.15) is 0 Å². The number of alkyl halides is 2. The van der Waals surface area contributed by atoms with Crippen LogP contribution in [0.15, 0.2) is 48.1 Å². The molecule has 3 heterocycles. The monoisotopic (exact) mass is 385 g/mol. The number of nitrogens with zero attached hydrogens (tertiary/aromatic N) is 3. The van der Waals surface area contributed by atoms with Crippen LogP contribution in [0, 0.1) is 0 Å². The number of benzene rings is 1. The number of hydrogen-bond donors (Lipinski definition) is 0. The van der Waals surface area contributed by atoms with Gasteiger partial charge in [-0.1, -0.05) is 6.07 Å². The normalized spacial score (nSPS) is 14.3. The van der Waals surface area contributed by atoms with Gasteiger partial charge in [-0.25, -0.2) is 13.8 Å². The third-order valence-electron chi connectivity index (χ3n) is 4.56. The minimum atomic E-state index is -2.55. The third kappa shape index (κ3) is 3.73. The molecule has 7 heteroatoms. The maximum atomic E-state index is 12.9. The fourth-order valence-corrected chi connectivity index (χ4v) is 4.11. The van der Waals surface area contributed by atoms with Gasteiger partial charge in [-0.15, -0.1) is 11.3 Å². The van der Waals surface area contributed by atoms with Crippen molar-refractivity contribution in [1.29, 1.82) is 0 Å². The van der Waals surface area contributed by atoms with E-state index in [0.29, 0.717) is 24.9 Å². The van der Waals surface area contributed by atoms with Crippen LogP contribution in [-0.4, -0.2) is 28.8 Å². The fourth-order valence-electron chi connectivity index (χ4n) is 3.28. The number of aryl methyl sites for hydroxylation is 1. The number of thiazole rings is 1. The Morgan fingerprint density at radius 2 is 1.93 bits per heavy atom. The zero-order valence-corrected chi connectivity index (χ0v) is 15.3. The minimum absolute atomic E-state index is 0.240. The molecule has 0 aliphatic carbocycles. The fraction of sp³-hybridized carbons (Fsp3) is 0.250. The second-order valence-corrected chi connectivity index (χ2v) is 7.22. The van der Waals surface area contributed by atoms with Crippen molar-refractivity contribution in [3.63, 3.8) is 0 Å². The number of halogens is 2. The van der Waals surface area contributed by atoms with E-state index in [-0.39, 0.29) is 5.91 Å². The van der Waals surface area contributed by atoms with E-state index in [0.717, 1.165) is 27.4 Å². The van der Waals surface area contributed by atoms with Crippen LogP contribution in [0.1, 0.15) is 18.4 Å². The first kappa shape index (κ1) is 17.7. The van der Waals surface area contributed by atoms with Crippen molar-refractivity contribution in [2.75, 3.05) is 11.4 Å². The summed E-state index contributed by atoms with van der Waals surface area (Å²) in [6.45, 7) is -0.561. The molecule has 138 valence electrons. The van der Waals surface area contributed by atoms with E-state index >= 15 is 0 Å². The summed E-state index contributed by atoms with van der Waals surface area (Å²) < 4.78 is 25.8. The molecule has 4 nitrogen and oxygen atoms in total. The van der Waals surface area contributed by atoms with Crippen LogP contribution >= 0.6 is 11.3 Å². The highest BCUT2D eigenvalue weighted by molar-refractivity contribution is 7.13. The molecule has 1 aliphatic heterocycles. The van der Waals surface area contributed by atoms with Crippen LogP contribution in [0.5, 0.6) is 0 Å². The van der Waals surface area contributed by atoms with E-state index in [1.54, 1.807) is 29.8 Å². The van der Waals surface area contributed by atoms with Crippen LogP contribution in [0.4, 0.5) is 14.5 Å². The summed E-state index contributed by atoms with van der Waals surface area (Å²) in [6.07, 6.45) is 2.55. The van der Waals surface area contributed by atoms with Gasteiger partial charge in [-0.05, 0) is 42.7 Å². The molecule has 2 aromatic heterocycles. The Labute approximate surface area is 159 Å². The molecule has 4 rings (SSSR count). The molecule has 0 unspecified atom stereocenters. The summed E-state index contributed by atoms with van der Waals surface area (Å²) in [7, 11) is 0. The quantitative estimate of drug-likeness (QED) is 0.648. The zero-order valence-electron chi connectivity index (χ0n) is 14.4. The number of fused-ring (bicyclic) bond motifs is 1. The molecular formula is C20H17F2N3OS. The van der Waals surface area contributed by atoms with Crippen molar-refractivity contribution in [2.24, 2.45) is 0 Å². The standard InChI is InChI=1S/C20H17F2N3OS/c21-18(22)11-25-17-5-4-14(10-15(17)2-1-3-19(25)26)16-12-27-20(24-16)13-6-8-23-9-7-13/h4-10,12,18H,1-3,11H2. The molecule has 1 aliphatic rings. The highest BCUT2D eigenvalue weighted by Crippen LogP contribution is 2.34. The summed E-state index contributed by atoms with van der Waals surface area (Å²) in [6, 6.07) is 9.40. The van der Waals surface area contributed by atoms with Gasteiger partial charge in [0.05, 0.1) is 12.2 Å². The molecule has 3 aromatic rings. The van der Waals surface area contributed by atoms with E-state index in [4.69, 9.17) is 4.98 Å². The van der Waals surface area contributed by atoms with Gasteiger partial charge in [0.1, 0.15) is 5.01 Å². The smallest absolute Gasteiger partial charge is 0.256 e. The number of carbonyl (C=O) groups is 1. The summed E-state index contributed by atoms with van der Waals surface area (Å²) in [5.41, 5.74) is 4.27. The molecule has 0 N–H and O–H groups in total. The molecule has 0 atom stereocenters. The largest absolute Gasteiger partial charge is 0.306 e. The molecule has 0 saturated heterocycles. The molecule has 0 spiro atoms. The number of anilines is 1. The topological polar surface area (TPSA) is 46.1 Å². The van der Waals surface area contributed by atoms with E-state index < -0.39 is 13.0 Å². The first-order chi connectivity index (χ1) is 13.1. The Morgan fingerprint density at radius 3 is 2.70 bits per heavy atom. The van der Waals surface area contributed by atoms with E-state index in [1.165, 1.54) is 4.90 Å². The number of pyridine rings is 1. The Kier molecular flexibility index (Phi) is 4.94. The van der Waals surface area contributed by atoms with Crippen molar-refractivity contribution in [3.8, 4) is 21.8 Å². The molecule has 0 bridgehead atoms. The predicted octanol–water partition coefficient (Wildman–Crippen LogP) is 4.81. The van der Waals surface area contributed by atoms with Crippen molar-refractivity contribution < 1.29 is 13.6 Å². The van der Waals surface area contributed by atoms with Crippen molar-refractivity contribution >= 4 is 22.9 Å². The lowest BCUT2D eigenvalue weighted by Gasteiger charge is -2.23. The lowest BCUT2D eigenvalue weighted by atomic mass is 10.0. The second kappa shape index (κ2) is 7.52. The van der Waals surface area contributed by atoms with Crippen LogP contribution in [0.3, 0.4) is 0 Å². The predicted molar refractivity (Wildman–Crippen MR) is 102 cm³/mol. The maximum absolute atomic E-state index is 12.9. The SMILES string of the molecule is O=C1CCCc2cc(-c3csc(-c4ccncc4)n3)ccc2N1CC(F)F. The van der Waals surface area contributed by atoms with Crippen molar-refractivity contribution in [1.82, 2.24) is 9.97 Å². The highest BCUT2D eigenvalue weighted by Gasteiger charge is 2.25. The van der Waals surface area contributed by atoms with E-state index in [1.807, 2.05) is 29.6 Å². The maximum Gasteiger partial charge on any atom is 0.256 e. The van der Waals surface area contributed by atoms with Gasteiger partial charge in [0.15, 0.2) is 0 Å². The first-order valence-electron chi connectivity index (χ1n) is 8.69. The lowest BCUT2D eigenvalue weighted by molar-refractivity contribution is -0.119. The van der Waals surface area contributed by atoms with Gasteiger partial charge in [0.25, 0.3) is 6.43 Å². The number of aromatic nitrogens is 2. The van der Waals surface area contributed by atoms with Crippen molar-refractivity contribution in [2.45, 2.75) is 25.7 Å². The zero-order chi connectivity index (χ0) is 18.8. The average molecular weight is 385 g/mol. The van der Waals surface area contributed by atoms with Crippen LogP contribution in [-0.2, 0) is 11.2 Å². The average Bonchev–Trinajstić information content (AvgIpc) is 3.11. The second-order valence-electron chi connectivity index (χ2n) is 6.37. The Morgan fingerprint density at radius 1 is 1.11 bits per heavy atom. The molecule has 0 fully saturated rings. The molecule has 1 aromatic carbocycles. The van der Waals surface area contributed by atoms with Gasteiger partial charge in [0, 0.05) is 41.0 Å². The van der Waals surface area contributed by atoms with Gasteiger partial charge in [0.2, 0.25) is 5.91 Å². The Hall–Kier alpha value is -2.67. The van der Waals surface area contributed by atoms with Crippen molar-refractivity contribution in [3.05, 3.63) is 53.7 Å². The summed E-state index contributed by atoms with van der Waals surface area (Å²) in [5.74, 6) is -0.240. The number of amides is 1. The number of carbonyl (C=O) groups excluding carboxylic acids is 1. The van der Waals surface area contributed by atoms with E-state index in [9.17, 15) is 13.6 Å². The van der Waals surface area contributed by atoms with Gasteiger partial charge < -0.3 is 4.90 Å². The van der Waals surface area contributed by atoms with E-state index in [2.05, 4.69) is 4.98 Å². The Balaban J connectivity index is 1.68. The number of hydrogen-bond acceptors (Lipinski definition) is 4. The molecule has 27 heavy (non-hydrogen) atoms. The summed E-state index contributed by atoms with van der Waals surface area (Å²) in [4.78, 5) is 22.1. The summed E-state index contributed by atoms with van der Waals surface area (Å²) >= 11 is 1.55. The Bertz CT molecular complexity index is 959. The highest BCUT2D eigenvalue weighted by atomic mass is 32.1. The molecular weight excluding hydrogens is 368 g/mol. The summed E-state index contributed by atoms with van der Waals surface area (Å²) in [5, 5.41) is 2.88. The number of rotatable bonds is 4. The first-order valence-corrected chi connectivity index (χ1v) is 9.57. The molecule has 1 amide bonds.